The van der Waals surface area contributed by atoms with Gasteiger partial charge in [-0.2, -0.15) is 0 Å². The van der Waals surface area contributed by atoms with Gasteiger partial charge in [-0.05, 0) is 51.0 Å². The molecule has 0 bridgehead atoms. The molecule has 1 aliphatic carbocycles. The minimum atomic E-state index is 0.230. The molecule has 4 nitrogen and oxygen atoms in total. The summed E-state index contributed by atoms with van der Waals surface area (Å²) in [4.78, 5) is 14.5. The molecule has 0 aromatic carbocycles. The third-order valence-electron chi connectivity index (χ3n) is 4.48. The first-order valence-corrected chi connectivity index (χ1v) is 7.92. The molecule has 4 heteroatoms. The molecule has 2 fully saturated rings. The number of hydrogen-bond acceptors (Lipinski definition) is 3. The zero-order chi connectivity index (χ0) is 13.7. The van der Waals surface area contributed by atoms with Gasteiger partial charge in [0.05, 0.1) is 0 Å². The molecule has 2 rings (SSSR count). The molecule has 1 saturated carbocycles. The summed E-state index contributed by atoms with van der Waals surface area (Å²) in [6.45, 7) is 5.23. The number of amides is 1. The number of carbonyl (C=O) groups excluding carboxylic acids is 1. The topological polar surface area (TPSA) is 58.4 Å². The fraction of sp³-hybridized carbons (Fsp3) is 0.933. The Hall–Kier alpha value is -0.610. The smallest absolute Gasteiger partial charge is 0.220 e. The molecule has 1 amide bonds. The Morgan fingerprint density at radius 3 is 2.53 bits per heavy atom. The van der Waals surface area contributed by atoms with Crippen LogP contribution in [0.3, 0.4) is 0 Å². The molecule has 0 radical (unpaired) electrons. The van der Waals surface area contributed by atoms with Gasteiger partial charge in [0.25, 0.3) is 0 Å². The number of piperidine rings is 1. The van der Waals surface area contributed by atoms with Crippen LogP contribution < -0.4 is 11.1 Å². The average Bonchev–Trinajstić information content (AvgIpc) is 3.22. The Labute approximate surface area is 117 Å². The number of carbonyl (C=O) groups is 1. The second-order valence-electron chi connectivity index (χ2n) is 6.33. The molecule has 1 saturated heterocycles. The van der Waals surface area contributed by atoms with Crippen molar-refractivity contribution in [3.8, 4) is 0 Å². The standard InChI is InChI=1S/C15H29N3O/c1-12(6-9-16)2-5-15(19)17-13-7-10-18(11-8-13)14-3-4-14/h12-14H,2-11,16H2,1H3,(H,17,19). The lowest BCUT2D eigenvalue weighted by atomic mass is 10.0. The van der Waals surface area contributed by atoms with E-state index in [0.29, 0.717) is 18.4 Å². The summed E-state index contributed by atoms with van der Waals surface area (Å²) in [5.74, 6) is 0.793. The Balaban J connectivity index is 1.57. The van der Waals surface area contributed by atoms with Crippen molar-refractivity contribution in [3.05, 3.63) is 0 Å². The molecular weight excluding hydrogens is 238 g/mol. The Morgan fingerprint density at radius 1 is 1.26 bits per heavy atom. The van der Waals surface area contributed by atoms with Crippen LogP contribution in [0.4, 0.5) is 0 Å². The number of nitrogens with two attached hydrogens (primary N) is 1. The first-order valence-electron chi connectivity index (χ1n) is 7.92. The van der Waals surface area contributed by atoms with Crippen molar-refractivity contribution < 1.29 is 4.79 Å². The second kappa shape index (κ2) is 7.25. The number of nitrogens with zero attached hydrogens (tertiary/aromatic N) is 1. The average molecular weight is 267 g/mol. The lowest BCUT2D eigenvalue weighted by molar-refractivity contribution is -0.122. The van der Waals surface area contributed by atoms with Crippen LogP contribution in [0.1, 0.15) is 51.9 Å². The van der Waals surface area contributed by atoms with Crippen LogP contribution in [0.2, 0.25) is 0 Å². The number of nitrogens with one attached hydrogen (secondary N) is 1. The van der Waals surface area contributed by atoms with Crippen molar-refractivity contribution in [2.45, 2.75) is 64.0 Å². The highest BCUT2D eigenvalue weighted by molar-refractivity contribution is 5.76. The lowest BCUT2D eigenvalue weighted by Crippen LogP contribution is -2.45. The van der Waals surface area contributed by atoms with Crippen LogP contribution >= 0.6 is 0 Å². The summed E-state index contributed by atoms with van der Waals surface area (Å²) in [5.41, 5.74) is 5.52. The Morgan fingerprint density at radius 2 is 1.95 bits per heavy atom. The lowest BCUT2D eigenvalue weighted by Gasteiger charge is -2.32. The predicted octanol–water partition coefficient (Wildman–Crippen LogP) is 1.49. The summed E-state index contributed by atoms with van der Waals surface area (Å²) < 4.78 is 0. The Bertz CT molecular complexity index is 283. The summed E-state index contributed by atoms with van der Waals surface area (Å²) in [7, 11) is 0. The monoisotopic (exact) mass is 267 g/mol. The maximum Gasteiger partial charge on any atom is 0.220 e. The van der Waals surface area contributed by atoms with Gasteiger partial charge in [0.15, 0.2) is 0 Å². The van der Waals surface area contributed by atoms with Crippen LogP contribution in [-0.2, 0) is 4.79 Å². The zero-order valence-electron chi connectivity index (χ0n) is 12.2. The van der Waals surface area contributed by atoms with E-state index in [1.807, 2.05) is 0 Å². The third-order valence-corrected chi connectivity index (χ3v) is 4.48. The number of rotatable bonds is 7. The van der Waals surface area contributed by atoms with Crippen LogP contribution in [0.25, 0.3) is 0 Å². The summed E-state index contributed by atoms with van der Waals surface area (Å²) in [5, 5.41) is 3.20. The van der Waals surface area contributed by atoms with Crippen LogP contribution in [0, 0.1) is 5.92 Å². The van der Waals surface area contributed by atoms with Gasteiger partial charge in [-0.3, -0.25) is 4.79 Å². The zero-order valence-corrected chi connectivity index (χ0v) is 12.2. The number of likely N-dealkylation sites (tertiary alicyclic amines) is 1. The summed E-state index contributed by atoms with van der Waals surface area (Å²) in [6, 6.07) is 1.28. The van der Waals surface area contributed by atoms with Gasteiger partial charge in [0.1, 0.15) is 0 Å². The van der Waals surface area contributed by atoms with E-state index in [-0.39, 0.29) is 5.91 Å². The fourth-order valence-corrected chi connectivity index (χ4v) is 2.95. The van der Waals surface area contributed by atoms with E-state index in [9.17, 15) is 4.79 Å². The SMILES string of the molecule is CC(CCN)CCC(=O)NC1CCN(C2CC2)CC1. The second-order valence-corrected chi connectivity index (χ2v) is 6.33. The highest BCUT2D eigenvalue weighted by Crippen LogP contribution is 2.29. The van der Waals surface area contributed by atoms with E-state index in [4.69, 9.17) is 5.73 Å². The molecule has 1 aliphatic heterocycles. The Kier molecular flexibility index (Phi) is 5.64. The molecule has 0 aromatic heterocycles. The van der Waals surface area contributed by atoms with E-state index in [1.165, 1.54) is 25.9 Å². The maximum absolute atomic E-state index is 11.9. The third kappa shape index (κ3) is 5.11. The largest absolute Gasteiger partial charge is 0.353 e. The first-order chi connectivity index (χ1) is 9.19. The molecule has 0 spiro atoms. The van der Waals surface area contributed by atoms with Crippen LogP contribution in [0.15, 0.2) is 0 Å². The molecule has 3 N–H and O–H groups in total. The van der Waals surface area contributed by atoms with Crippen molar-refractivity contribution in [3.63, 3.8) is 0 Å². The molecule has 1 heterocycles. The normalized spacial score (nSPS) is 23.3. The van der Waals surface area contributed by atoms with Crippen molar-refractivity contribution in [2.24, 2.45) is 11.7 Å². The van der Waals surface area contributed by atoms with E-state index in [0.717, 1.165) is 38.3 Å². The summed E-state index contributed by atoms with van der Waals surface area (Å²) in [6.07, 6.45) is 7.66. The van der Waals surface area contributed by atoms with Gasteiger partial charge in [0.2, 0.25) is 5.91 Å². The number of hydrogen-bond donors (Lipinski definition) is 2. The van der Waals surface area contributed by atoms with Crippen LogP contribution in [-0.4, -0.2) is 42.5 Å². The van der Waals surface area contributed by atoms with E-state index < -0.39 is 0 Å². The van der Waals surface area contributed by atoms with Crippen molar-refractivity contribution in [1.82, 2.24) is 10.2 Å². The highest BCUT2D eigenvalue weighted by atomic mass is 16.1. The molecule has 1 atom stereocenters. The molecule has 2 aliphatic rings. The van der Waals surface area contributed by atoms with Gasteiger partial charge in [-0.25, -0.2) is 0 Å². The molecule has 0 aromatic rings. The maximum atomic E-state index is 11.9. The molecular formula is C15H29N3O. The fourth-order valence-electron chi connectivity index (χ4n) is 2.95. The van der Waals surface area contributed by atoms with Gasteiger partial charge in [0, 0.05) is 31.6 Å². The summed E-state index contributed by atoms with van der Waals surface area (Å²) >= 11 is 0. The van der Waals surface area contributed by atoms with Gasteiger partial charge < -0.3 is 16.0 Å². The van der Waals surface area contributed by atoms with Gasteiger partial charge in [-0.15, -0.1) is 0 Å². The van der Waals surface area contributed by atoms with Gasteiger partial charge in [-0.1, -0.05) is 6.92 Å². The minimum Gasteiger partial charge on any atom is -0.353 e. The first kappa shape index (κ1) is 14.8. The van der Waals surface area contributed by atoms with E-state index in [2.05, 4.69) is 17.1 Å². The van der Waals surface area contributed by atoms with Crippen molar-refractivity contribution >= 4 is 5.91 Å². The van der Waals surface area contributed by atoms with Crippen LogP contribution in [0.5, 0.6) is 0 Å². The minimum absolute atomic E-state index is 0.230. The van der Waals surface area contributed by atoms with E-state index >= 15 is 0 Å². The van der Waals surface area contributed by atoms with Gasteiger partial charge >= 0.3 is 0 Å². The molecule has 1 unspecified atom stereocenters. The predicted molar refractivity (Wildman–Crippen MR) is 77.8 cm³/mol. The van der Waals surface area contributed by atoms with Crippen molar-refractivity contribution in [1.29, 1.82) is 0 Å². The quantitative estimate of drug-likeness (QED) is 0.735. The van der Waals surface area contributed by atoms with E-state index in [1.54, 1.807) is 0 Å². The highest BCUT2D eigenvalue weighted by Gasteiger charge is 2.31. The van der Waals surface area contributed by atoms with Crippen molar-refractivity contribution in [2.75, 3.05) is 19.6 Å². The molecule has 110 valence electrons. The molecule has 19 heavy (non-hydrogen) atoms.